The molecule has 0 radical (unpaired) electrons. The van der Waals surface area contributed by atoms with E-state index in [1.807, 2.05) is 12.1 Å². The number of nitrogens with zero attached hydrogens (tertiary/aromatic N) is 5. The third-order valence-electron chi connectivity index (χ3n) is 3.06. The Morgan fingerprint density at radius 1 is 1.04 bits per heavy atom. The van der Waals surface area contributed by atoms with E-state index < -0.39 is 0 Å². The number of hydrogen-bond donors (Lipinski definition) is 3. The van der Waals surface area contributed by atoms with Crippen LogP contribution in [-0.2, 0) is 12.2 Å². The SMILES string of the molecule is CCc1ccc(Nc2nnc(SCc3nc(N)nc(N)n3)s2)cc1. The highest BCUT2D eigenvalue weighted by Gasteiger charge is 2.08. The molecule has 0 saturated carbocycles. The Kier molecular flexibility index (Phi) is 5.06. The van der Waals surface area contributed by atoms with Gasteiger partial charge in [0.2, 0.25) is 17.0 Å². The predicted octanol–water partition coefficient (Wildman–Crippen LogP) is 2.49. The number of benzene rings is 1. The number of hydrogen-bond acceptors (Lipinski definition) is 10. The number of nitrogens with two attached hydrogens (primary N) is 2. The minimum Gasteiger partial charge on any atom is -0.368 e. The Labute approximate surface area is 147 Å². The number of aromatic nitrogens is 5. The lowest BCUT2D eigenvalue weighted by atomic mass is 10.1. The molecule has 24 heavy (non-hydrogen) atoms. The van der Waals surface area contributed by atoms with E-state index in [0.29, 0.717) is 11.6 Å². The van der Waals surface area contributed by atoms with Crippen molar-refractivity contribution in [3.05, 3.63) is 35.7 Å². The minimum absolute atomic E-state index is 0.119. The molecular weight excluding hydrogens is 344 g/mol. The first-order valence-electron chi connectivity index (χ1n) is 7.20. The fourth-order valence-corrected chi connectivity index (χ4v) is 3.54. The van der Waals surface area contributed by atoms with E-state index in [4.69, 9.17) is 11.5 Å². The Hall–Kier alpha value is -2.46. The van der Waals surface area contributed by atoms with Crippen LogP contribution in [0.4, 0.5) is 22.7 Å². The van der Waals surface area contributed by atoms with E-state index in [1.165, 1.54) is 28.7 Å². The first kappa shape index (κ1) is 16.4. The molecule has 1 aromatic carbocycles. The van der Waals surface area contributed by atoms with Crippen LogP contribution in [0, 0.1) is 0 Å². The van der Waals surface area contributed by atoms with Gasteiger partial charge in [-0.3, -0.25) is 0 Å². The average Bonchev–Trinajstić information content (AvgIpc) is 3.00. The highest BCUT2D eigenvalue weighted by molar-refractivity contribution is 8.00. The van der Waals surface area contributed by atoms with E-state index in [-0.39, 0.29) is 11.9 Å². The molecule has 0 amide bonds. The zero-order chi connectivity index (χ0) is 16.9. The van der Waals surface area contributed by atoms with Gasteiger partial charge in [-0.2, -0.15) is 15.0 Å². The van der Waals surface area contributed by atoms with Crippen molar-refractivity contribution in [3.63, 3.8) is 0 Å². The molecular formula is C14H16N8S2. The molecule has 0 bridgehead atoms. The monoisotopic (exact) mass is 360 g/mol. The van der Waals surface area contributed by atoms with Gasteiger partial charge in [-0.25, -0.2) is 0 Å². The van der Waals surface area contributed by atoms with Crippen molar-refractivity contribution >= 4 is 45.8 Å². The van der Waals surface area contributed by atoms with Crippen LogP contribution in [0.3, 0.4) is 0 Å². The quantitative estimate of drug-likeness (QED) is 0.568. The summed E-state index contributed by atoms with van der Waals surface area (Å²) >= 11 is 2.93. The van der Waals surface area contributed by atoms with Crippen LogP contribution in [0.5, 0.6) is 0 Å². The van der Waals surface area contributed by atoms with Crippen molar-refractivity contribution < 1.29 is 0 Å². The summed E-state index contributed by atoms with van der Waals surface area (Å²) < 4.78 is 0.806. The fourth-order valence-electron chi connectivity index (χ4n) is 1.91. The second-order valence-electron chi connectivity index (χ2n) is 4.81. The maximum Gasteiger partial charge on any atom is 0.225 e. The molecule has 3 rings (SSSR count). The number of nitrogen functional groups attached to an aromatic ring is 2. The smallest absolute Gasteiger partial charge is 0.225 e. The van der Waals surface area contributed by atoms with Crippen molar-refractivity contribution in [2.75, 3.05) is 16.8 Å². The van der Waals surface area contributed by atoms with Crippen LogP contribution < -0.4 is 16.8 Å². The van der Waals surface area contributed by atoms with Gasteiger partial charge in [0.15, 0.2) is 4.34 Å². The highest BCUT2D eigenvalue weighted by Crippen LogP contribution is 2.29. The van der Waals surface area contributed by atoms with E-state index >= 15 is 0 Å². The molecule has 5 N–H and O–H groups in total. The second-order valence-corrected chi connectivity index (χ2v) is 7.01. The predicted molar refractivity (Wildman–Crippen MR) is 97.2 cm³/mol. The lowest BCUT2D eigenvalue weighted by Gasteiger charge is -2.02. The van der Waals surface area contributed by atoms with Gasteiger partial charge in [0.05, 0.1) is 5.75 Å². The second kappa shape index (κ2) is 7.41. The summed E-state index contributed by atoms with van der Waals surface area (Å²) in [5.74, 6) is 1.25. The van der Waals surface area contributed by atoms with Crippen LogP contribution in [0.25, 0.3) is 0 Å². The zero-order valence-corrected chi connectivity index (χ0v) is 14.6. The molecule has 8 nitrogen and oxygen atoms in total. The topological polar surface area (TPSA) is 129 Å². The van der Waals surface area contributed by atoms with Crippen molar-refractivity contribution in [2.24, 2.45) is 0 Å². The molecule has 0 aliphatic rings. The van der Waals surface area contributed by atoms with Crippen LogP contribution in [-0.4, -0.2) is 25.1 Å². The standard InChI is InChI=1S/C14H16N8S2/c1-2-8-3-5-9(6-4-8)17-13-21-22-14(24-13)23-7-10-18-11(15)20-12(16)19-10/h3-6H,2,7H2,1H3,(H,17,21)(H4,15,16,18,19,20). The molecule has 10 heteroatoms. The molecule has 0 aliphatic carbocycles. The fraction of sp³-hybridized carbons (Fsp3) is 0.214. The summed E-state index contributed by atoms with van der Waals surface area (Å²) in [5, 5.41) is 12.3. The first-order chi connectivity index (χ1) is 11.6. The molecule has 0 aliphatic heterocycles. The number of anilines is 4. The molecule has 0 unspecified atom stereocenters. The lowest BCUT2D eigenvalue weighted by Crippen LogP contribution is -2.05. The molecule has 0 fully saturated rings. The Bertz CT molecular complexity index is 798. The summed E-state index contributed by atoms with van der Waals surface area (Å²) in [4.78, 5) is 11.8. The van der Waals surface area contributed by atoms with Crippen LogP contribution >= 0.6 is 23.1 Å². The largest absolute Gasteiger partial charge is 0.368 e. The first-order valence-corrected chi connectivity index (χ1v) is 9.00. The minimum atomic E-state index is 0.119. The third-order valence-corrected chi connectivity index (χ3v) is 5.03. The summed E-state index contributed by atoms with van der Waals surface area (Å²) in [6, 6.07) is 8.25. The van der Waals surface area contributed by atoms with Crippen molar-refractivity contribution in [2.45, 2.75) is 23.4 Å². The van der Waals surface area contributed by atoms with Crippen molar-refractivity contribution in [1.82, 2.24) is 25.1 Å². The Balaban J connectivity index is 1.60. The van der Waals surface area contributed by atoms with E-state index in [9.17, 15) is 0 Å². The van der Waals surface area contributed by atoms with Gasteiger partial charge in [-0.1, -0.05) is 42.2 Å². The normalized spacial score (nSPS) is 10.7. The Morgan fingerprint density at radius 2 is 1.75 bits per heavy atom. The van der Waals surface area contributed by atoms with Gasteiger partial charge in [-0.15, -0.1) is 10.2 Å². The summed E-state index contributed by atoms with van der Waals surface area (Å²) in [6.07, 6.45) is 1.02. The molecule has 2 heterocycles. The van der Waals surface area contributed by atoms with E-state index in [0.717, 1.165) is 21.6 Å². The lowest BCUT2D eigenvalue weighted by molar-refractivity contribution is 0.980. The summed E-state index contributed by atoms with van der Waals surface area (Å²) in [6.45, 7) is 2.13. The molecule has 0 spiro atoms. The molecule has 0 saturated heterocycles. The van der Waals surface area contributed by atoms with Gasteiger partial charge in [0.25, 0.3) is 0 Å². The third kappa shape index (κ3) is 4.30. The van der Waals surface area contributed by atoms with Gasteiger partial charge < -0.3 is 16.8 Å². The molecule has 3 aromatic rings. The number of thioether (sulfide) groups is 1. The van der Waals surface area contributed by atoms with Gasteiger partial charge in [-0.05, 0) is 24.1 Å². The van der Waals surface area contributed by atoms with Crippen LogP contribution in [0.15, 0.2) is 28.6 Å². The Morgan fingerprint density at radius 3 is 2.42 bits per heavy atom. The highest BCUT2D eigenvalue weighted by atomic mass is 32.2. The number of aryl methyl sites for hydroxylation is 1. The van der Waals surface area contributed by atoms with Gasteiger partial charge in [0.1, 0.15) is 5.82 Å². The average molecular weight is 360 g/mol. The van der Waals surface area contributed by atoms with Crippen molar-refractivity contribution in [1.29, 1.82) is 0 Å². The molecule has 0 atom stereocenters. The van der Waals surface area contributed by atoms with E-state index in [1.54, 1.807) is 0 Å². The number of rotatable bonds is 6. The summed E-state index contributed by atoms with van der Waals surface area (Å²) in [5.41, 5.74) is 13.4. The van der Waals surface area contributed by atoms with Gasteiger partial charge in [0, 0.05) is 5.69 Å². The van der Waals surface area contributed by atoms with Gasteiger partial charge >= 0.3 is 0 Å². The maximum atomic E-state index is 5.55. The maximum absolute atomic E-state index is 5.55. The number of nitrogens with one attached hydrogen (secondary N) is 1. The molecule has 124 valence electrons. The van der Waals surface area contributed by atoms with Crippen molar-refractivity contribution in [3.8, 4) is 0 Å². The molecule has 2 aromatic heterocycles. The van der Waals surface area contributed by atoms with Crippen LogP contribution in [0.1, 0.15) is 18.3 Å². The van der Waals surface area contributed by atoms with E-state index in [2.05, 4.69) is 49.5 Å². The van der Waals surface area contributed by atoms with Crippen LogP contribution in [0.2, 0.25) is 0 Å². The summed E-state index contributed by atoms with van der Waals surface area (Å²) in [7, 11) is 0. The zero-order valence-electron chi connectivity index (χ0n) is 12.9.